The Hall–Kier alpha value is -2.67. The molecule has 28 heavy (non-hydrogen) atoms. The molecule has 1 N–H and O–H groups in total. The molecule has 146 valence electrons. The molecular formula is C21H25N5OS. The molecule has 2 aromatic carbocycles. The smallest absolute Gasteiger partial charge is 0.234 e. The number of amides is 1. The topological polar surface area (TPSA) is 72.7 Å². The number of aryl methyl sites for hydroxylation is 2. The highest BCUT2D eigenvalue weighted by molar-refractivity contribution is 7.99. The van der Waals surface area contributed by atoms with Gasteiger partial charge in [-0.3, -0.25) is 4.79 Å². The molecule has 1 heterocycles. The van der Waals surface area contributed by atoms with Gasteiger partial charge in [0.25, 0.3) is 0 Å². The Bertz CT molecular complexity index is 952. The minimum Gasteiger partial charge on any atom is -0.325 e. The van der Waals surface area contributed by atoms with E-state index in [1.807, 2.05) is 38.1 Å². The van der Waals surface area contributed by atoms with E-state index in [0.717, 1.165) is 23.4 Å². The zero-order chi connectivity index (χ0) is 20.1. The molecule has 0 spiro atoms. The molecule has 6 nitrogen and oxygen atoms in total. The second kappa shape index (κ2) is 9.01. The van der Waals surface area contributed by atoms with Gasteiger partial charge < -0.3 is 5.32 Å². The second-order valence-electron chi connectivity index (χ2n) is 6.93. The van der Waals surface area contributed by atoms with Crippen LogP contribution in [0.1, 0.15) is 42.9 Å². The number of nitrogens with one attached hydrogen (secondary N) is 1. The Morgan fingerprint density at radius 2 is 1.93 bits per heavy atom. The molecular weight excluding hydrogens is 370 g/mol. The second-order valence-corrected chi connectivity index (χ2v) is 7.87. The van der Waals surface area contributed by atoms with E-state index >= 15 is 0 Å². The average molecular weight is 396 g/mol. The summed E-state index contributed by atoms with van der Waals surface area (Å²) in [5, 5.41) is 15.4. The van der Waals surface area contributed by atoms with Gasteiger partial charge in [0, 0.05) is 5.69 Å². The highest BCUT2D eigenvalue weighted by Crippen LogP contribution is 2.23. The van der Waals surface area contributed by atoms with Crippen LogP contribution in [-0.2, 0) is 4.79 Å². The molecule has 1 amide bonds. The van der Waals surface area contributed by atoms with E-state index in [0.29, 0.717) is 11.1 Å². The van der Waals surface area contributed by atoms with Crippen LogP contribution in [0, 0.1) is 13.8 Å². The summed E-state index contributed by atoms with van der Waals surface area (Å²) in [6.45, 7) is 8.44. The van der Waals surface area contributed by atoms with Gasteiger partial charge in [-0.2, -0.15) is 4.68 Å². The summed E-state index contributed by atoms with van der Waals surface area (Å²) in [5.74, 6) is 0.666. The lowest BCUT2D eigenvalue weighted by atomic mass is 9.99. The van der Waals surface area contributed by atoms with Crippen LogP contribution in [0.25, 0.3) is 5.69 Å². The molecule has 0 fully saturated rings. The van der Waals surface area contributed by atoms with Gasteiger partial charge in [-0.1, -0.05) is 55.4 Å². The van der Waals surface area contributed by atoms with Crippen LogP contribution in [-0.4, -0.2) is 31.9 Å². The predicted octanol–water partition coefficient (Wildman–Crippen LogP) is 4.52. The van der Waals surface area contributed by atoms with Crippen molar-refractivity contribution in [2.45, 2.75) is 45.2 Å². The third-order valence-corrected chi connectivity index (χ3v) is 5.65. The van der Waals surface area contributed by atoms with E-state index in [1.54, 1.807) is 4.68 Å². The Kier molecular flexibility index (Phi) is 6.46. The van der Waals surface area contributed by atoms with Crippen molar-refractivity contribution in [2.24, 2.45) is 0 Å². The van der Waals surface area contributed by atoms with Crippen LogP contribution >= 0.6 is 11.8 Å². The molecule has 1 aromatic heterocycles. The lowest BCUT2D eigenvalue weighted by Gasteiger charge is -2.11. The first-order valence-corrected chi connectivity index (χ1v) is 10.3. The van der Waals surface area contributed by atoms with E-state index in [9.17, 15) is 4.79 Å². The van der Waals surface area contributed by atoms with Crippen molar-refractivity contribution in [3.05, 3.63) is 59.2 Å². The maximum absolute atomic E-state index is 12.3. The number of hydrogen-bond acceptors (Lipinski definition) is 5. The molecule has 7 heteroatoms. The van der Waals surface area contributed by atoms with Gasteiger partial charge in [0.05, 0.1) is 11.4 Å². The van der Waals surface area contributed by atoms with Crippen LogP contribution < -0.4 is 5.32 Å². The SMILES string of the molecule is CCC(C)c1ccc(NC(=O)CSc2nnnn2-c2ccc(C)cc2C)cc1. The molecule has 1 unspecified atom stereocenters. The summed E-state index contributed by atoms with van der Waals surface area (Å²) < 4.78 is 1.67. The molecule has 0 saturated carbocycles. The molecule has 3 aromatic rings. The molecule has 0 radical (unpaired) electrons. The summed E-state index contributed by atoms with van der Waals surface area (Å²) in [6, 6.07) is 14.1. The van der Waals surface area contributed by atoms with Gasteiger partial charge >= 0.3 is 0 Å². The summed E-state index contributed by atoms with van der Waals surface area (Å²) in [5.41, 5.74) is 5.26. The number of tetrazole rings is 1. The fourth-order valence-electron chi connectivity index (χ4n) is 2.92. The Balaban J connectivity index is 1.62. The highest BCUT2D eigenvalue weighted by atomic mass is 32.2. The normalized spacial score (nSPS) is 12.0. The third-order valence-electron chi connectivity index (χ3n) is 4.73. The van der Waals surface area contributed by atoms with Crippen LogP contribution in [0.15, 0.2) is 47.6 Å². The summed E-state index contributed by atoms with van der Waals surface area (Å²) in [4.78, 5) is 12.3. The number of hydrogen-bond donors (Lipinski definition) is 1. The van der Waals surface area contributed by atoms with Gasteiger partial charge in [-0.25, -0.2) is 0 Å². The number of aromatic nitrogens is 4. The predicted molar refractivity (Wildman–Crippen MR) is 113 cm³/mol. The van der Waals surface area contributed by atoms with Gasteiger partial charge in [-0.05, 0) is 65.9 Å². The fraction of sp³-hybridized carbons (Fsp3) is 0.333. The van der Waals surface area contributed by atoms with Crippen molar-refractivity contribution < 1.29 is 4.79 Å². The number of rotatable bonds is 7. The summed E-state index contributed by atoms with van der Waals surface area (Å²) in [6.07, 6.45) is 1.09. The Morgan fingerprint density at radius 3 is 2.61 bits per heavy atom. The Labute approximate surface area is 169 Å². The number of anilines is 1. The van der Waals surface area contributed by atoms with E-state index < -0.39 is 0 Å². The quantitative estimate of drug-likeness (QED) is 0.595. The maximum atomic E-state index is 12.3. The minimum atomic E-state index is -0.0866. The molecule has 1 atom stereocenters. The van der Waals surface area contributed by atoms with E-state index in [2.05, 4.69) is 52.9 Å². The number of carbonyl (C=O) groups excluding carboxylic acids is 1. The Morgan fingerprint density at radius 1 is 1.18 bits per heavy atom. The van der Waals surface area contributed by atoms with E-state index in [-0.39, 0.29) is 11.7 Å². The lowest BCUT2D eigenvalue weighted by Crippen LogP contribution is -2.14. The first-order chi connectivity index (χ1) is 13.5. The summed E-state index contributed by atoms with van der Waals surface area (Å²) >= 11 is 1.32. The lowest BCUT2D eigenvalue weighted by molar-refractivity contribution is -0.113. The minimum absolute atomic E-state index is 0.0866. The van der Waals surface area contributed by atoms with Crippen molar-refractivity contribution in [2.75, 3.05) is 11.1 Å². The van der Waals surface area contributed by atoms with Crippen molar-refractivity contribution in [1.29, 1.82) is 0 Å². The van der Waals surface area contributed by atoms with Gasteiger partial charge in [0.2, 0.25) is 11.1 Å². The zero-order valence-electron chi connectivity index (χ0n) is 16.6. The molecule has 0 bridgehead atoms. The van der Waals surface area contributed by atoms with Crippen LogP contribution in [0.2, 0.25) is 0 Å². The van der Waals surface area contributed by atoms with Crippen molar-refractivity contribution in [3.8, 4) is 5.69 Å². The molecule has 0 saturated heterocycles. The number of carbonyl (C=O) groups is 1. The molecule has 0 aliphatic heterocycles. The van der Waals surface area contributed by atoms with Gasteiger partial charge in [0.1, 0.15) is 0 Å². The number of benzene rings is 2. The largest absolute Gasteiger partial charge is 0.325 e. The molecule has 0 aliphatic carbocycles. The van der Waals surface area contributed by atoms with Crippen molar-refractivity contribution in [1.82, 2.24) is 20.2 Å². The maximum Gasteiger partial charge on any atom is 0.234 e. The third kappa shape index (κ3) is 4.78. The zero-order valence-corrected chi connectivity index (χ0v) is 17.5. The van der Waals surface area contributed by atoms with Gasteiger partial charge in [0.15, 0.2) is 0 Å². The van der Waals surface area contributed by atoms with Gasteiger partial charge in [-0.15, -0.1) is 5.10 Å². The highest BCUT2D eigenvalue weighted by Gasteiger charge is 2.13. The fourth-order valence-corrected chi connectivity index (χ4v) is 3.60. The molecule has 3 rings (SSSR count). The van der Waals surface area contributed by atoms with Crippen LogP contribution in [0.4, 0.5) is 5.69 Å². The van der Waals surface area contributed by atoms with Crippen LogP contribution in [0.3, 0.4) is 0 Å². The van der Waals surface area contributed by atoms with Crippen molar-refractivity contribution in [3.63, 3.8) is 0 Å². The summed E-state index contributed by atoms with van der Waals surface area (Å²) in [7, 11) is 0. The number of nitrogens with zero attached hydrogens (tertiary/aromatic N) is 4. The number of thioether (sulfide) groups is 1. The standard InChI is InChI=1S/C21H25N5OS/c1-5-15(3)17-7-9-18(10-8-17)22-20(27)13-28-21-23-24-25-26(21)19-11-6-14(2)12-16(19)4/h6-12,15H,5,13H2,1-4H3,(H,22,27). The average Bonchev–Trinajstić information content (AvgIpc) is 3.14. The van der Waals surface area contributed by atoms with Crippen molar-refractivity contribution >= 4 is 23.4 Å². The monoisotopic (exact) mass is 395 g/mol. The first-order valence-electron chi connectivity index (χ1n) is 9.36. The van der Waals surface area contributed by atoms with Crippen LogP contribution in [0.5, 0.6) is 0 Å². The van der Waals surface area contributed by atoms with E-state index in [1.165, 1.54) is 22.9 Å². The molecule has 0 aliphatic rings. The van der Waals surface area contributed by atoms with E-state index in [4.69, 9.17) is 0 Å². The first kappa shape index (κ1) is 20.1.